The Hall–Kier alpha value is -0.930. The van der Waals surface area contributed by atoms with E-state index in [0.29, 0.717) is 11.5 Å². The minimum absolute atomic E-state index is 0.0824. The summed E-state index contributed by atoms with van der Waals surface area (Å²) in [5.41, 5.74) is 3.12. The summed E-state index contributed by atoms with van der Waals surface area (Å²) in [7, 11) is 0. The molecule has 2 unspecified atom stereocenters. The molecule has 2 heterocycles. The van der Waals surface area contributed by atoms with Gasteiger partial charge in [-0.3, -0.25) is 4.90 Å². The van der Waals surface area contributed by atoms with Crippen molar-refractivity contribution in [3.63, 3.8) is 0 Å². The van der Waals surface area contributed by atoms with E-state index in [9.17, 15) is 4.39 Å². The molecular weight excluding hydrogens is 263 g/mol. The predicted octanol–water partition coefficient (Wildman–Crippen LogP) is 3.28. The Labute approximate surface area is 126 Å². The second-order valence-corrected chi connectivity index (χ2v) is 7.25. The molecule has 0 bridgehead atoms. The van der Waals surface area contributed by atoms with Gasteiger partial charge in [-0.15, -0.1) is 0 Å². The maximum absolute atomic E-state index is 13.4. The molecule has 4 rings (SSSR count). The molecule has 1 aromatic carbocycles. The van der Waals surface area contributed by atoms with Crippen LogP contribution in [-0.4, -0.2) is 31.1 Å². The molecule has 0 radical (unpaired) electrons. The van der Waals surface area contributed by atoms with Crippen LogP contribution in [-0.2, 0) is 6.42 Å². The highest BCUT2D eigenvalue weighted by molar-refractivity contribution is 5.35. The van der Waals surface area contributed by atoms with Gasteiger partial charge in [0.05, 0.1) is 0 Å². The van der Waals surface area contributed by atoms with Gasteiger partial charge < -0.3 is 5.32 Å². The molecule has 0 aromatic heterocycles. The lowest BCUT2D eigenvalue weighted by Crippen LogP contribution is -2.51. The molecule has 114 valence electrons. The molecule has 2 atom stereocenters. The number of piperidine rings is 2. The molecule has 1 aliphatic carbocycles. The third kappa shape index (κ3) is 2.51. The molecule has 1 N–H and O–H groups in total. The van der Waals surface area contributed by atoms with Crippen LogP contribution >= 0.6 is 0 Å². The Morgan fingerprint density at radius 3 is 3.00 bits per heavy atom. The first-order valence-electron chi connectivity index (χ1n) is 8.49. The summed E-state index contributed by atoms with van der Waals surface area (Å²) in [4.78, 5) is 2.69. The number of rotatable bonds is 1. The van der Waals surface area contributed by atoms with Gasteiger partial charge in [0, 0.05) is 19.1 Å². The molecule has 1 aromatic rings. The van der Waals surface area contributed by atoms with E-state index in [1.165, 1.54) is 69.4 Å². The number of hydrogen-bond acceptors (Lipinski definition) is 2. The summed E-state index contributed by atoms with van der Waals surface area (Å²) < 4.78 is 13.4. The summed E-state index contributed by atoms with van der Waals surface area (Å²) >= 11 is 0. The van der Waals surface area contributed by atoms with Gasteiger partial charge in [-0.1, -0.05) is 6.07 Å². The Kier molecular flexibility index (Phi) is 3.50. The van der Waals surface area contributed by atoms with Gasteiger partial charge in [-0.25, -0.2) is 4.39 Å². The average Bonchev–Trinajstić information content (AvgIpc) is 2.91. The third-order valence-corrected chi connectivity index (χ3v) is 5.84. The molecule has 2 fully saturated rings. The molecule has 2 saturated heterocycles. The van der Waals surface area contributed by atoms with Crippen LogP contribution in [0.5, 0.6) is 0 Å². The molecular formula is C18H25FN2. The fourth-order valence-corrected chi connectivity index (χ4v) is 4.83. The van der Waals surface area contributed by atoms with E-state index in [-0.39, 0.29) is 5.82 Å². The van der Waals surface area contributed by atoms with Crippen LogP contribution in [0.3, 0.4) is 0 Å². The summed E-state index contributed by atoms with van der Waals surface area (Å²) in [6.07, 6.45) is 7.59. The first kappa shape index (κ1) is 13.7. The predicted molar refractivity (Wildman–Crippen MR) is 82.8 cm³/mol. The fraction of sp³-hybridized carbons (Fsp3) is 0.667. The van der Waals surface area contributed by atoms with Gasteiger partial charge in [0.2, 0.25) is 0 Å². The summed E-state index contributed by atoms with van der Waals surface area (Å²) in [6.45, 7) is 4.81. The zero-order valence-corrected chi connectivity index (χ0v) is 12.7. The number of nitrogens with one attached hydrogen (secondary N) is 1. The standard InChI is InChI=1S/C18H25FN2/c19-15-4-5-16-14(11-15)3-6-17(16)21-10-2-8-18(13-21)7-1-9-20-12-18/h4-5,11,17,20H,1-3,6-10,12-13H2. The lowest BCUT2D eigenvalue weighted by atomic mass is 9.74. The van der Waals surface area contributed by atoms with Gasteiger partial charge in [0.15, 0.2) is 0 Å². The van der Waals surface area contributed by atoms with Crippen molar-refractivity contribution >= 4 is 0 Å². The van der Waals surface area contributed by atoms with Crippen molar-refractivity contribution in [2.75, 3.05) is 26.2 Å². The zero-order valence-electron chi connectivity index (χ0n) is 12.7. The van der Waals surface area contributed by atoms with Crippen molar-refractivity contribution in [3.8, 4) is 0 Å². The minimum atomic E-state index is -0.0824. The SMILES string of the molecule is Fc1ccc2c(c1)CCC2N1CCCC2(CCCNC2)C1. The van der Waals surface area contributed by atoms with E-state index in [1.54, 1.807) is 12.1 Å². The van der Waals surface area contributed by atoms with Gasteiger partial charge >= 0.3 is 0 Å². The first-order chi connectivity index (χ1) is 10.3. The van der Waals surface area contributed by atoms with Crippen LogP contribution in [0.2, 0.25) is 0 Å². The number of hydrogen-bond donors (Lipinski definition) is 1. The van der Waals surface area contributed by atoms with Crippen LogP contribution < -0.4 is 5.32 Å². The highest BCUT2D eigenvalue weighted by atomic mass is 19.1. The summed E-state index contributed by atoms with van der Waals surface area (Å²) in [5, 5.41) is 3.61. The van der Waals surface area contributed by atoms with Crippen LogP contribution in [0.4, 0.5) is 4.39 Å². The summed E-state index contributed by atoms with van der Waals surface area (Å²) in [6, 6.07) is 5.94. The van der Waals surface area contributed by atoms with Crippen molar-refractivity contribution in [1.82, 2.24) is 10.2 Å². The molecule has 0 amide bonds. The monoisotopic (exact) mass is 288 g/mol. The molecule has 0 saturated carbocycles. The molecule has 3 aliphatic rings. The third-order valence-electron chi connectivity index (χ3n) is 5.84. The lowest BCUT2D eigenvalue weighted by molar-refractivity contribution is 0.0371. The average molecular weight is 288 g/mol. The van der Waals surface area contributed by atoms with E-state index in [1.807, 2.05) is 6.07 Å². The maximum atomic E-state index is 13.4. The Bertz CT molecular complexity index is 516. The van der Waals surface area contributed by atoms with E-state index in [4.69, 9.17) is 0 Å². The maximum Gasteiger partial charge on any atom is 0.123 e. The van der Waals surface area contributed by atoms with Crippen LogP contribution in [0, 0.1) is 11.2 Å². The van der Waals surface area contributed by atoms with Crippen LogP contribution in [0.15, 0.2) is 18.2 Å². The Morgan fingerprint density at radius 2 is 2.14 bits per heavy atom. The topological polar surface area (TPSA) is 15.3 Å². The van der Waals surface area contributed by atoms with Crippen molar-refractivity contribution < 1.29 is 4.39 Å². The molecule has 2 aliphatic heterocycles. The first-order valence-corrected chi connectivity index (χ1v) is 8.49. The lowest BCUT2D eigenvalue weighted by Gasteiger charge is -2.47. The largest absolute Gasteiger partial charge is 0.316 e. The van der Waals surface area contributed by atoms with Crippen molar-refractivity contribution in [2.24, 2.45) is 5.41 Å². The summed E-state index contributed by atoms with van der Waals surface area (Å²) in [5.74, 6) is -0.0824. The van der Waals surface area contributed by atoms with E-state index >= 15 is 0 Å². The second kappa shape index (κ2) is 5.36. The van der Waals surface area contributed by atoms with E-state index in [0.717, 1.165) is 6.42 Å². The van der Waals surface area contributed by atoms with Crippen molar-refractivity contribution in [1.29, 1.82) is 0 Å². The Morgan fingerprint density at radius 1 is 1.24 bits per heavy atom. The van der Waals surface area contributed by atoms with E-state index in [2.05, 4.69) is 10.2 Å². The Balaban J connectivity index is 1.55. The fourth-order valence-electron chi connectivity index (χ4n) is 4.83. The minimum Gasteiger partial charge on any atom is -0.316 e. The van der Waals surface area contributed by atoms with Gasteiger partial charge in [-0.2, -0.15) is 0 Å². The number of aryl methyl sites for hydroxylation is 1. The quantitative estimate of drug-likeness (QED) is 0.853. The number of likely N-dealkylation sites (tertiary alicyclic amines) is 1. The zero-order chi connectivity index (χ0) is 14.3. The van der Waals surface area contributed by atoms with Gasteiger partial charge in [0.25, 0.3) is 0 Å². The smallest absolute Gasteiger partial charge is 0.123 e. The van der Waals surface area contributed by atoms with Crippen LogP contribution in [0.25, 0.3) is 0 Å². The molecule has 21 heavy (non-hydrogen) atoms. The highest BCUT2D eigenvalue weighted by Gasteiger charge is 2.40. The number of benzene rings is 1. The van der Waals surface area contributed by atoms with Gasteiger partial charge in [-0.05, 0) is 80.3 Å². The highest BCUT2D eigenvalue weighted by Crippen LogP contribution is 2.43. The van der Waals surface area contributed by atoms with Crippen LogP contribution in [0.1, 0.15) is 49.3 Å². The van der Waals surface area contributed by atoms with E-state index < -0.39 is 0 Å². The number of fused-ring (bicyclic) bond motifs is 1. The normalized spacial score (nSPS) is 33.3. The van der Waals surface area contributed by atoms with Crippen molar-refractivity contribution in [2.45, 2.75) is 44.6 Å². The molecule has 1 spiro atoms. The van der Waals surface area contributed by atoms with Gasteiger partial charge in [0.1, 0.15) is 5.82 Å². The molecule has 2 nitrogen and oxygen atoms in total. The van der Waals surface area contributed by atoms with Crippen molar-refractivity contribution in [3.05, 3.63) is 35.1 Å². The number of halogens is 1. The molecule has 3 heteroatoms. The second-order valence-electron chi connectivity index (χ2n) is 7.25. The number of nitrogens with zero attached hydrogens (tertiary/aromatic N) is 1.